The van der Waals surface area contributed by atoms with Crippen molar-refractivity contribution in [2.45, 2.75) is 0 Å². The van der Waals surface area contributed by atoms with E-state index >= 15 is 0 Å². The van der Waals surface area contributed by atoms with Gasteiger partial charge in [0.1, 0.15) is 12.4 Å². The predicted octanol–water partition coefficient (Wildman–Crippen LogP) is 2.89. The van der Waals surface area contributed by atoms with Crippen molar-refractivity contribution in [2.75, 3.05) is 13.2 Å². The van der Waals surface area contributed by atoms with E-state index in [9.17, 15) is 9.59 Å². The number of hydrogen-bond donors (Lipinski definition) is 2. The SMILES string of the molecule is C=CCOc1ccccc1/C=N\NC(=O)CNC(=O)c1cccc(Br)c1. The van der Waals surface area contributed by atoms with Gasteiger partial charge in [-0.2, -0.15) is 5.10 Å². The highest BCUT2D eigenvalue weighted by Gasteiger charge is 2.07. The zero-order valence-corrected chi connectivity index (χ0v) is 15.5. The number of nitrogens with one attached hydrogen (secondary N) is 2. The Morgan fingerprint density at radius 2 is 2.00 bits per heavy atom. The van der Waals surface area contributed by atoms with E-state index < -0.39 is 5.91 Å². The van der Waals surface area contributed by atoms with Crippen LogP contribution in [0.4, 0.5) is 0 Å². The standard InChI is InChI=1S/C19H18BrN3O3/c1-2-10-26-17-9-4-3-6-15(17)12-22-23-18(24)13-21-19(25)14-7-5-8-16(20)11-14/h2-9,11-12H,1,10,13H2,(H,21,25)(H,23,24)/b22-12-. The first kappa shape index (κ1) is 19.4. The fourth-order valence-corrected chi connectivity index (χ4v) is 2.37. The van der Waals surface area contributed by atoms with Crippen molar-refractivity contribution >= 4 is 34.0 Å². The lowest BCUT2D eigenvalue weighted by Gasteiger charge is -2.06. The number of carbonyl (C=O) groups is 2. The third kappa shape index (κ3) is 6.18. The molecule has 2 aromatic carbocycles. The number of halogens is 1. The molecule has 0 heterocycles. The van der Waals surface area contributed by atoms with E-state index in [-0.39, 0.29) is 12.5 Å². The summed E-state index contributed by atoms with van der Waals surface area (Å²) in [6.07, 6.45) is 3.12. The summed E-state index contributed by atoms with van der Waals surface area (Å²) in [6.45, 7) is 3.79. The van der Waals surface area contributed by atoms with Crippen molar-refractivity contribution in [3.05, 3.63) is 76.8 Å². The van der Waals surface area contributed by atoms with E-state index in [1.54, 1.807) is 30.3 Å². The van der Waals surface area contributed by atoms with Crippen LogP contribution in [0.2, 0.25) is 0 Å². The van der Waals surface area contributed by atoms with E-state index in [1.807, 2.05) is 24.3 Å². The zero-order chi connectivity index (χ0) is 18.8. The number of nitrogens with zero attached hydrogens (tertiary/aromatic N) is 1. The van der Waals surface area contributed by atoms with Crippen LogP contribution in [0.25, 0.3) is 0 Å². The average Bonchev–Trinajstić information content (AvgIpc) is 2.65. The molecule has 2 amide bonds. The number of hydrazone groups is 1. The van der Waals surface area contributed by atoms with E-state index in [0.29, 0.717) is 23.5 Å². The molecule has 0 unspecified atom stereocenters. The lowest BCUT2D eigenvalue weighted by molar-refractivity contribution is -0.120. The molecule has 2 rings (SSSR count). The maximum Gasteiger partial charge on any atom is 0.259 e. The molecular formula is C19H18BrN3O3. The van der Waals surface area contributed by atoms with Crippen molar-refractivity contribution < 1.29 is 14.3 Å². The maximum absolute atomic E-state index is 12.0. The van der Waals surface area contributed by atoms with Crippen LogP contribution in [-0.4, -0.2) is 31.2 Å². The van der Waals surface area contributed by atoms with Crippen LogP contribution in [0, 0.1) is 0 Å². The molecule has 0 spiro atoms. The summed E-state index contributed by atoms with van der Waals surface area (Å²) in [6, 6.07) is 14.2. The van der Waals surface area contributed by atoms with Gasteiger partial charge in [-0.05, 0) is 30.3 Å². The van der Waals surface area contributed by atoms with E-state index in [4.69, 9.17) is 4.74 Å². The molecule has 0 aliphatic carbocycles. The molecule has 0 radical (unpaired) electrons. The van der Waals surface area contributed by atoms with Gasteiger partial charge in [0.25, 0.3) is 11.8 Å². The summed E-state index contributed by atoms with van der Waals surface area (Å²) in [5, 5.41) is 6.42. The van der Waals surface area contributed by atoms with Gasteiger partial charge in [0.05, 0.1) is 12.8 Å². The van der Waals surface area contributed by atoms with Crippen molar-refractivity contribution in [3.8, 4) is 5.75 Å². The first-order valence-electron chi connectivity index (χ1n) is 7.78. The van der Waals surface area contributed by atoms with Crippen LogP contribution in [0.5, 0.6) is 5.75 Å². The first-order chi connectivity index (χ1) is 12.6. The van der Waals surface area contributed by atoms with Gasteiger partial charge in [0.2, 0.25) is 0 Å². The Balaban J connectivity index is 1.84. The van der Waals surface area contributed by atoms with Crippen LogP contribution >= 0.6 is 15.9 Å². The van der Waals surface area contributed by atoms with Crippen LogP contribution in [0.15, 0.2) is 70.8 Å². The van der Waals surface area contributed by atoms with Crippen molar-refractivity contribution in [1.82, 2.24) is 10.7 Å². The Hall–Kier alpha value is -2.93. The minimum Gasteiger partial charge on any atom is -0.489 e. The van der Waals surface area contributed by atoms with Gasteiger partial charge in [0.15, 0.2) is 0 Å². The van der Waals surface area contributed by atoms with E-state index in [0.717, 1.165) is 4.47 Å². The van der Waals surface area contributed by atoms with Gasteiger partial charge < -0.3 is 10.1 Å². The molecule has 0 aliphatic rings. The predicted molar refractivity (Wildman–Crippen MR) is 104 cm³/mol. The summed E-state index contributed by atoms with van der Waals surface area (Å²) in [7, 11) is 0. The minimum absolute atomic E-state index is 0.183. The number of benzene rings is 2. The van der Waals surface area contributed by atoms with Crippen LogP contribution in [0.1, 0.15) is 15.9 Å². The molecule has 0 saturated carbocycles. The molecule has 7 heteroatoms. The molecular weight excluding hydrogens is 398 g/mol. The van der Waals surface area contributed by atoms with Crippen molar-refractivity contribution in [2.24, 2.45) is 5.10 Å². The van der Waals surface area contributed by atoms with Gasteiger partial charge in [-0.1, -0.05) is 46.8 Å². The monoisotopic (exact) mass is 415 g/mol. The van der Waals surface area contributed by atoms with Crippen LogP contribution < -0.4 is 15.5 Å². The molecule has 134 valence electrons. The maximum atomic E-state index is 12.0. The number of para-hydroxylation sites is 1. The third-order valence-corrected chi connectivity index (χ3v) is 3.66. The molecule has 0 fully saturated rings. The summed E-state index contributed by atoms with van der Waals surface area (Å²) in [5.74, 6) is -0.143. The smallest absolute Gasteiger partial charge is 0.259 e. The largest absolute Gasteiger partial charge is 0.489 e. The Bertz CT molecular complexity index is 821. The lowest BCUT2D eigenvalue weighted by Crippen LogP contribution is -2.34. The van der Waals surface area contributed by atoms with Crippen LogP contribution in [0.3, 0.4) is 0 Å². The number of ether oxygens (including phenoxy) is 1. The zero-order valence-electron chi connectivity index (χ0n) is 13.9. The normalized spacial score (nSPS) is 10.3. The Kier molecular flexibility index (Phi) is 7.57. The van der Waals surface area contributed by atoms with Gasteiger partial charge >= 0.3 is 0 Å². The molecule has 0 atom stereocenters. The number of rotatable bonds is 8. The Labute approximate surface area is 160 Å². The molecule has 0 bridgehead atoms. The molecule has 0 aliphatic heterocycles. The van der Waals surface area contributed by atoms with Crippen molar-refractivity contribution in [1.29, 1.82) is 0 Å². The topological polar surface area (TPSA) is 79.8 Å². The summed E-state index contributed by atoms with van der Waals surface area (Å²) in [4.78, 5) is 23.8. The molecule has 0 aromatic heterocycles. The number of carbonyl (C=O) groups excluding carboxylic acids is 2. The molecule has 0 saturated heterocycles. The second-order valence-corrected chi connectivity index (χ2v) is 6.04. The van der Waals surface area contributed by atoms with Gasteiger partial charge in [-0.15, -0.1) is 0 Å². The average molecular weight is 416 g/mol. The van der Waals surface area contributed by atoms with Gasteiger partial charge in [0, 0.05) is 15.6 Å². The summed E-state index contributed by atoms with van der Waals surface area (Å²) >= 11 is 3.29. The fraction of sp³-hybridized carbons (Fsp3) is 0.105. The fourth-order valence-electron chi connectivity index (χ4n) is 1.97. The minimum atomic E-state index is -0.436. The number of hydrogen-bond acceptors (Lipinski definition) is 4. The summed E-state index contributed by atoms with van der Waals surface area (Å²) in [5.41, 5.74) is 3.54. The van der Waals surface area contributed by atoms with E-state index in [2.05, 4.69) is 38.4 Å². The molecule has 26 heavy (non-hydrogen) atoms. The molecule has 6 nitrogen and oxygen atoms in total. The Morgan fingerprint density at radius 1 is 1.19 bits per heavy atom. The Morgan fingerprint density at radius 3 is 2.77 bits per heavy atom. The van der Waals surface area contributed by atoms with Crippen LogP contribution in [-0.2, 0) is 4.79 Å². The van der Waals surface area contributed by atoms with Gasteiger partial charge in [-0.3, -0.25) is 9.59 Å². The highest BCUT2D eigenvalue weighted by Crippen LogP contribution is 2.15. The summed E-state index contributed by atoms with van der Waals surface area (Å²) < 4.78 is 6.29. The van der Waals surface area contributed by atoms with Crippen molar-refractivity contribution in [3.63, 3.8) is 0 Å². The third-order valence-electron chi connectivity index (χ3n) is 3.16. The second kappa shape index (κ2) is 10.1. The second-order valence-electron chi connectivity index (χ2n) is 5.12. The highest BCUT2D eigenvalue weighted by atomic mass is 79.9. The lowest BCUT2D eigenvalue weighted by atomic mass is 10.2. The van der Waals surface area contributed by atoms with E-state index in [1.165, 1.54) is 6.21 Å². The van der Waals surface area contributed by atoms with Gasteiger partial charge in [-0.25, -0.2) is 5.43 Å². The molecule has 2 N–H and O–H groups in total. The molecule has 2 aromatic rings. The first-order valence-corrected chi connectivity index (χ1v) is 8.58. The highest BCUT2D eigenvalue weighted by molar-refractivity contribution is 9.10. The quantitative estimate of drug-likeness (QED) is 0.395. The number of amides is 2.